The maximum absolute atomic E-state index is 10.0. The van der Waals surface area contributed by atoms with Gasteiger partial charge in [-0.1, -0.05) is 29.8 Å². The van der Waals surface area contributed by atoms with Gasteiger partial charge in [0.05, 0.1) is 13.2 Å². The number of nitrogens with one attached hydrogen (secondary N) is 1. The van der Waals surface area contributed by atoms with E-state index in [1.165, 1.54) is 16.7 Å². The summed E-state index contributed by atoms with van der Waals surface area (Å²) in [6.45, 7) is 3.02. The number of phenols is 1. The number of hydrogen-bond donors (Lipinski definition) is 2. The Balaban J connectivity index is 2.05. The Bertz CT molecular complexity index is 620. The van der Waals surface area contributed by atoms with Crippen LogP contribution in [0, 0.1) is 6.92 Å². The molecule has 0 fully saturated rings. The highest BCUT2D eigenvalue weighted by atomic mass is 16.5. The first-order valence-corrected chi connectivity index (χ1v) is 6.89. The van der Waals surface area contributed by atoms with Crippen LogP contribution >= 0.6 is 0 Å². The third-order valence-electron chi connectivity index (χ3n) is 3.91. The van der Waals surface area contributed by atoms with Gasteiger partial charge in [-0.2, -0.15) is 0 Å². The van der Waals surface area contributed by atoms with Crippen molar-refractivity contribution in [3.63, 3.8) is 0 Å². The molecule has 0 saturated heterocycles. The van der Waals surface area contributed by atoms with E-state index in [9.17, 15) is 5.11 Å². The van der Waals surface area contributed by atoms with Crippen molar-refractivity contribution in [1.82, 2.24) is 5.32 Å². The fourth-order valence-electron chi connectivity index (χ4n) is 2.79. The molecule has 3 rings (SSSR count). The first-order chi connectivity index (χ1) is 9.69. The van der Waals surface area contributed by atoms with E-state index in [0.29, 0.717) is 5.75 Å². The molecule has 3 nitrogen and oxygen atoms in total. The Labute approximate surface area is 119 Å². The van der Waals surface area contributed by atoms with E-state index < -0.39 is 0 Å². The summed E-state index contributed by atoms with van der Waals surface area (Å²) in [5.74, 6) is 0.750. The van der Waals surface area contributed by atoms with Crippen LogP contribution in [0.1, 0.15) is 28.3 Å². The molecule has 2 N–H and O–H groups in total. The van der Waals surface area contributed by atoms with Crippen molar-refractivity contribution in [2.75, 3.05) is 13.7 Å². The summed E-state index contributed by atoms with van der Waals surface area (Å²) < 4.78 is 5.20. The Kier molecular flexibility index (Phi) is 3.36. The van der Waals surface area contributed by atoms with Crippen LogP contribution in [0.15, 0.2) is 36.4 Å². The average Bonchev–Trinajstić information content (AvgIpc) is 2.47. The molecule has 20 heavy (non-hydrogen) atoms. The van der Waals surface area contributed by atoms with E-state index in [1.54, 1.807) is 7.11 Å². The fraction of sp³-hybridized carbons (Fsp3) is 0.294. The number of hydrogen-bond acceptors (Lipinski definition) is 3. The number of ether oxygens (including phenoxy) is 1. The molecule has 1 unspecified atom stereocenters. The summed E-state index contributed by atoms with van der Waals surface area (Å²) in [5.41, 5.74) is 4.85. The van der Waals surface area contributed by atoms with Crippen LogP contribution < -0.4 is 10.1 Å². The van der Waals surface area contributed by atoms with Crippen LogP contribution in [-0.4, -0.2) is 18.8 Å². The normalized spacial score (nSPS) is 17.6. The number of methoxy groups -OCH3 is 1. The molecule has 2 aromatic carbocycles. The molecule has 1 aliphatic rings. The third-order valence-corrected chi connectivity index (χ3v) is 3.91. The maximum Gasteiger partial charge on any atom is 0.160 e. The molecule has 0 bridgehead atoms. The second-order valence-corrected chi connectivity index (χ2v) is 5.27. The topological polar surface area (TPSA) is 41.5 Å². The standard InChI is InChI=1S/C17H19NO2/c1-11-3-5-12(6-4-11)17-14-10-15(19)16(20-2)9-13(14)7-8-18-17/h3-6,9-10,17-19H,7-8H2,1-2H3. The molecule has 0 radical (unpaired) electrons. The molecule has 0 amide bonds. The van der Waals surface area contributed by atoms with Gasteiger partial charge < -0.3 is 15.2 Å². The third kappa shape index (κ3) is 2.25. The lowest BCUT2D eigenvalue weighted by molar-refractivity contribution is 0.371. The van der Waals surface area contributed by atoms with E-state index in [4.69, 9.17) is 4.74 Å². The summed E-state index contributed by atoms with van der Waals surface area (Å²) in [4.78, 5) is 0. The number of fused-ring (bicyclic) bond motifs is 1. The quantitative estimate of drug-likeness (QED) is 0.880. The summed E-state index contributed by atoms with van der Waals surface area (Å²) in [6, 6.07) is 12.4. The predicted molar refractivity (Wildman–Crippen MR) is 79.4 cm³/mol. The van der Waals surface area contributed by atoms with Gasteiger partial charge in [0, 0.05) is 6.54 Å². The van der Waals surface area contributed by atoms with Crippen LogP contribution in [0.3, 0.4) is 0 Å². The molecular formula is C17H19NO2. The Morgan fingerprint density at radius 2 is 1.95 bits per heavy atom. The molecule has 0 aromatic heterocycles. The first kappa shape index (κ1) is 13.0. The SMILES string of the molecule is COc1cc2c(cc1O)C(c1ccc(C)cc1)NCC2. The van der Waals surface area contributed by atoms with Gasteiger partial charge in [-0.3, -0.25) is 0 Å². The summed E-state index contributed by atoms with van der Waals surface area (Å²) in [7, 11) is 1.58. The maximum atomic E-state index is 10.0. The minimum absolute atomic E-state index is 0.135. The molecule has 0 saturated carbocycles. The van der Waals surface area contributed by atoms with E-state index in [1.807, 2.05) is 12.1 Å². The highest BCUT2D eigenvalue weighted by Gasteiger charge is 2.23. The van der Waals surface area contributed by atoms with Gasteiger partial charge >= 0.3 is 0 Å². The van der Waals surface area contributed by atoms with E-state index >= 15 is 0 Å². The van der Waals surface area contributed by atoms with Crippen LogP contribution in [0.25, 0.3) is 0 Å². The van der Waals surface area contributed by atoms with Gasteiger partial charge in [0.25, 0.3) is 0 Å². The van der Waals surface area contributed by atoms with Crippen LogP contribution in [-0.2, 0) is 6.42 Å². The smallest absolute Gasteiger partial charge is 0.160 e. The van der Waals surface area contributed by atoms with Crippen LogP contribution in [0.2, 0.25) is 0 Å². The van der Waals surface area contributed by atoms with Gasteiger partial charge in [0.1, 0.15) is 0 Å². The number of benzene rings is 2. The van der Waals surface area contributed by atoms with Crippen molar-refractivity contribution in [2.24, 2.45) is 0 Å². The number of phenolic OH excluding ortho intramolecular Hbond substituents is 1. The Hall–Kier alpha value is -2.00. The molecule has 0 spiro atoms. The molecule has 0 aliphatic carbocycles. The number of rotatable bonds is 2. The van der Waals surface area contributed by atoms with Crippen molar-refractivity contribution >= 4 is 0 Å². The lowest BCUT2D eigenvalue weighted by Crippen LogP contribution is -2.30. The van der Waals surface area contributed by atoms with Gasteiger partial charge in [0.15, 0.2) is 11.5 Å². The minimum Gasteiger partial charge on any atom is -0.504 e. The van der Waals surface area contributed by atoms with Crippen molar-refractivity contribution in [2.45, 2.75) is 19.4 Å². The van der Waals surface area contributed by atoms with Gasteiger partial charge in [-0.15, -0.1) is 0 Å². The van der Waals surface area contributed by atoms with E-state index in [-0.39, 0.29) is 11.8 Å². The van der Waals surface area contributed by atoms with E-state index in [2.05, 4.69) is 36.5 Å². The molecule has 1 atom stereocenters. The summed E-state index contributed by atoms with van der Waals surface area (Å²) in [5, 5.41) is 13.5. The zero-order valence-electron chi connectivity index (χ0n) is 11.8. The first-order valence-electron chi connectivity index (χ1n) is 6.89. The zero-order valence-corrected chi connectivity index (χ0v) is 11.8. The molecule has 2 aromatic rings. The molecule has 104 valence electrons. The monoisotopic (exact) mass is 269 g/mol. The fourth-order valence-corrected chi connectivity index (χ4v) is 2.79. The van der Waals surface area contributed by atoms with Crippen LogP contribution in [0.4, 0.5) is 0 Å². The van der Waals surface area contributed by atoms with Gasteiger partial charge in [-0.25, -0.2) is 0 Å². The number of aromatic hydroxyl groups is 1. The van der Waals surface area contributed by atoms with Crippen molar-refractivity contribution in [3.05, 3.63) is 58.7 Å². The second kappa shape index (κ2) is 5.17. The average molecular weight is 269 g/mol. The van der Waals surface area contributed by atoms with Crippen molar-refractivity contribution in [1.29, 1.82) is 0 Å². The molecule has 1 heterocycles. The Morgan fingerprint density at radius 3 is 2.65 bits per heavy atom. The lowest BCUT2D eigenvalue weighted by atomic mass is 9.89. The van der Waals surface area contributed by atoms with Crippen molar-refractivity contribution < 1.29 is 9.84 Å². The van der Waals surface area contributed by atoms with Crippen molar-refractivity contribution in [3.8, 4) is 11.5 Å². The highest BCUT2D eigenvalue weighted by Crippen LogP contribution is 2.36. The minimum atomic E-state index is 0.135. The highest BCUT2D eigenvalue weighted by molar-refractivity contribution is 5.51. The lowest BCUT2D eigenvalue weighted by Gasteiger charge is -2.28. The Morgan fingerprint density at radius 1 is 1.20 bits per heavy atom. The second-order valence-electron chi connectivity index (χ2n) is 5.27. The van der Waals surface area contributed by atoms with Crippen LogP contribution in [0.5, 0.6) is 11.5 Å². The number of aryl methyl sites for hydroxylation is 1. The van der Waals surface area contributed by atoms with Gasteiger partial charge in [-0.05, 0) is 42.2 Å². The molecule has 3 heteroatoms. The predicted octanol–water partition coefficient (Wildman–Crippen LogP) is 2.94. The summed E-state index contributed by atoms with van der Waals surface area (Å²) in [6.07, 6.45) is 0.953. The van der Waals surface area contributed by atoms with Gasteiger partial charge in [0.2, 0.25) is 0 Å². The van der Waals surface area contributed by atoms with E-state index in [0.717, 1.165) is 18.5 Å². The summed E-state index contributed by atoms with van der Waals surface area (Å²) >= 11 is 0. The molecule has 1 aliphatic heterocycles. The largest absolute Gasteiger partial charge is 0.504 e. The molecular weight excluding hydrogens is 250 g/mol. The zero-order chi connectivity index (χ0) is 14.1.